The Morgan fingerprint density at radius 2 is 1.80 bits per heavy atom. The summed E-state index contributed by atoms with van der Waals surface area (Å²) >= 11 is 0. The van der Waals surface area contributed by atoms with Gasteiger partial charge in [-0.25, -0.2) is 8.78 Å². The van der Waals surface area contributed by atoms with E-state index in [1.165, 1.54) is 6.07 Å². The topological polar surface area (TPSA) is 66.5 Å². The number of amides is 2. The Morgan fingerprint density at radius 3 is 2.46 bits per heavy atom. The molecule has 2 amide bonds. The van der Waals surface area contributed by atoms with E-state index in [1.54, 1.807) is 17.0 Å². The van der Waals surface area contributed by atoms with Crippen molar-refractivity contribution in [3.63, 3.8) is 0 Å². The van der Waals surface area contributed by atoms with E-state index in [0.29, 0.717) is 31.5 Å². The van der Waals surface area contributed by atoms with Crippen molar-refractivity contribution in [2.45, 2.75) is 83.6 Å². The Morgan fingerprint density at radius 1 is 1.09 bits per heavy atom. The van der Waals surface area contributed by atoms with Crippen molar-refractivity contribution >= 4 is 17.6 Å². The lowest BCUT2D eigenvalue weighted by molar-refractivity contribution is -0.132. The minimum absolute atomic E-state index is 0.0126. The van der Waals surface area contributed by atoms with Crippen molar-refractivity contribution < 1.29 is 23.2 Å². The predicted molar refractivity (Wildman–Crippen MR) is 132 cm³/mol. The lowest BCUT2D eigenvalue weighted by atomic mass is 9.80. The molecule has 2 atom stereocenters. The highest BCUT2D eigenvalue weighted by Gasteiger charge is 2.34. The number of carbonyl (C=O) groups is 3. The molecule has 1 heterocycles. The average molecular weight is 489 g/mol. The van der Waals surface area contributed by atoms with Crippen LogP contribution in [0.15, 0.2) is 30.6 Å². The molecule has 1 saturated heterocycles. The minimum atomic E-state index is -0.612. The second kappa shape index (κ2) is 12.4. The Hall–Kier alpha value is -2.57. The van der Waals surface area contributed by atoms with Crippen LogP contribution in [0.4, 0.5) is 8.78 Å². The number of carbonyl (C=O) groups excluding carboxylic acids is 3. The summed E-state index contributed by atoms with van der Waals surface area (Å²) in [4.78, 5) is 40.2. The number of hydrogen-bond acceptors (Lipinski definition) is 3. The molecule has 1 saturated carbocycles. The fourth-order valence-electron chi connectivity index (χ4n) is 5.37. The van der Waals surface area contributed by atoms with Gasteiger partial charge in [-0.3, -0.25) is 14.4 Å². The summed E-state index contributed by atoms with van der Waals surface area (Å²) in [5.41, 5.74) is 0.325. The molecule has 2 fully saturated rings. The maximum atomic E-state index is 15.6. The van der Waals surface area contributed by atoms with Crippen molar-refractivity contribution in [1.29, 1.82) is 0 Å². The molecular formula is C28H38F2N2O3. The van der Waals surface area contributed by atoms with Gasteiger partial charge in [-0.1, -0.05) is 51.8 Å². The summed E-state index contributed by atoms with van der Waals surface area (Å²) in [5.74, 6) is -2.28. The van der Waals surface area contributed by atoms with Crippen molar-refractivity contribution in [3.05, 3.63) is 47.5 Å². The third-order valence-corrected chi connectivity index (χ3v) is 7.38. The van der Waals surface area contributed by atoms with Gasteiger partial charge in [-0.15, -0.1) is 0 Å². The predicted octanol–water partition coefficient (Wildman–Crippen LogP) is 5.70. The molecule has 1 aromatic rings. The first kappa shape index (κ1) is 27.0. The Kier molecular flexibility index (Phi) is 9.58. The van der Waals surface area contributed by atoms with Gasteiger partial charge in [-0.2, -0.15) is 0 Å². The quantitative estimate of drug-likeness (QED) is 0.485. The lowest BCUT2D eigenvalue weighted by Gasteiger charge is -2.33. The van der Waals surface area contributed by atoms with Crippen LogP contribution in [0.25, 0.3) is 0 Å². The fourth-order valence-corrected chi connectivity index (χ4v) is 5.37. The molecule has 0 spiro atoms. The van der Waals surface area contributed by atoms with Crippen LogP contribution < -0.4 is 5.32 Å². The normalized spacial score (nSPS) is 19.9. The lowest BCUT2D eigenvalue weighted by Crippen LogP contribution is -2.48. The molecule has 1 aliphatic carbocycles. The highest BCUT2D eigenvalue weighted by atomic mass is 19.1. The SMILES string of the molecule is C=C(F)CCC(=O)N1CCCC(c2cccc(C(=O)NC(C(=O)C(C)C)C3CCCCC3)c2F)C1. The number of halogens is 2. The first-order valence-corrected chi connectivity index (χ1v) is 12.9. The molecule has 0 aromatic heterocycles. The number of nitrogens with zero attached hydrogens (tertiary/aromatic N) is 1. The van der Waals surface area contributed by atoms with Crippen LogP contribution in [-0.4, -0.2) is 41.6 Å². The van der Waals surface area contributed by atoms with E-state index in [2.05, 4.69) is 11.9 Å². The van der Waals surface area contributed by atoms with Gasteiger partial charge < -0.3 is 10.2 Å². The molecule has 2 unspecified atom stereocenters. The largest absolute Gasteiger partial charge is 0.342 e. The second-order valence-electron chi connectivity index (χ2n) is 10.3. The summed E-state index contributed by atoms with van der Waals surface area (Å²) in [6.45, 7) is 7.73. The van der Waals surface area contributed by atoms with E-state index < -0.39 is 23.6 Å². The van der Waals surface area contributed by atoms with E-state index in [9.17, 15) is 18.8 Å². The summed E-state index contributed by atoms with van der Waals surface area (Å²) in [6, 6.07) is 4.15. The van der Waals surface area contributed by atoms with Crippen molar-refractivity contribution in [3.8, 4) is 0 Å². The van der Waals surface area contributed by atoms with Crippen LogP contribution in [0.3, 0.4) is 0 Å². The van der Waals surface area contributed by atoms with Crippen molar-refractivity contribution in [2.75, 3.05) is 13.1 Å². The van der Waals surface area contributed by atoms with Crippen LogP contribution in [-0.2, 0) is 9.59 Å². The monoisotopic (exact) mass is 488 g/mol. The van der Waals surface area contributed by atoms with E-state index in [4.69, 9.17) is 0 Å². The first-order chi connectivity index (χ1) is 16.7. The third kappa shape index (κ3) is 6.98. The zero-order chi connectivity index (χ0) is 25.5. The molecule has 3 rings (SSSR count). The van der Waals surface area contributed by atoms with Gasteiger partial charge in [0, 0.05) is 37.8 Å². The highest BCUT2D eigenvalue weighted by Crippen LogP contribution is 2.32. The van der Waals surface area contributed by atoms with E-state index >= 15 is 4.39 Å². The number of rotatable bonds is 9. The number of hydrogen-bond donors (Lipinski definition) is 1. The molecule has 2 aliphatic rings. The zero-order valence-corrected chi connectivity index (χ0v) is 21.0. The van der Waals surface area contributed by atoms with Gasteiger partial charge in [0.1, 0.15) is 5.82 Å². The maximum Gasteiger partial charge on any atom is 0.254 e. The third-order valence-electron chi connectivity index (χ3n) is 7.38. The van der Waals surface area contributed by atoms with Crippen LogP contribution >= 0.6 is 0 Å². The van der Waals surface area contributed by atoms with Gasteiger partial charge in [0.05, 0.1) is 17.4 Å². The molecule has 1 aromatic carbocycles. The number of likely N-dealkylation sites (tertiary alicyclic amines) is 1. The van der Waals surface area contributed by atoms with Gasteiger partial charge in [-0.05, 0) is 43.2 Å². The van der Waals surface area contributed by atoms with Gasteiger partial charge >= 0.3 is 0 Å². The van der Waals surface area contributed by atoms with E-state index in [0.717, 1.165) is 32.1 Å². The van der Waals surface area contributed by atoms with Gasteiger partial charge in [0.15, 0.2) is 5.78 Å². The summed E-state index contributed by atoms with van der Waals surface area (Å²) in [7, 11) is 0. The number of allylic oxidation sites excluding steroid dienone is 1. The highest BCUT2D eigenvalue weighted by molar-refractivity contribution is 5.98. The molecular weight excluding hydrogens is 450 g/mol. The standard InChI is InChI=1S/C28H38F2N2O3/c1-18(2)27(34)26(20-9-5-4-6-10-20)31-28(35)23-13-7-12-22(25(23)30)21-11-8-16-32(17-21)24(33)15-14-19(3)29/h7,12-13,18,20-21,26H,3-6,8-11,14-17H2,1-2H3,(H,31,35). The number of Topliss-reactive ketones (excluding diaryl/α,β-unsaturated/α-hetero) is 1. The molecule has 1 aliphatic heterocycles. The molecule has 192 valence electrons. The second-order valence-corrected chi connectivity index (χ2v) is 10.3. The Labute approximate surface area is 207 Å². The number of nitrogens with one attached hydrogen (secondary N) is 1. The fraction of sp³-hybridized carbons (Fsp3) is 0.607. The van der Waals surface area contributed by atoms with Crippen LogP contribution in [0, 0.1) is 17.7 Å². The Balaban J connectivity index is 1.76. The average Bonchev–Trinajstić information content (AvgIpc) is 2.85. The van der Waals surface area contributed by atoms with Crippen LogP contribution in [0.1, 0.15) is 93.5 Å². The van der Waals surface area contributed by atoms with Crippen molar-refractivity contribution in [1.82, 2.24) is 10.2 Å². The number of piperidine rings is 1. The summed E-state index contributed by atoms with van der Waals surface area (Å²) in [5, 5.41) is 2.87. The minimum Gasteiger partial charge on any atom is -0.342 e. The smallest absolute Gasteiger partial charge is 0.254 e. The maximum absolute atomic E-state index is 15.6. The molecule has 0 radical (unpaired) electrons. The van der Waals surface area contributed by atoms with E-state index in [1.807, 2.05) is 13.8 Å². The van der Waals surface area contributed by atoms with Crippen molar-refractivity contribution in [2.24, 2.45) is 11.8 Å². The van der Waals surface area contributed by atoms with Gasteiger partial charge in [0.25, 0.3) is 5.91 Å². The molecule has 35 heavy (non-hydrogen) atoms. The zero-order valence-electron chi connectivity index (χ0n) is 21.0. The number of benzene rings is 1. The van der Waals surface area contributed by atoms with Crippen LogP contribution in [0.5, 0.6) is 0 Å². The summed E-state index contributed by atoms with van der Waals surface area (Å²) < 4.78 is 28.6. The van der Waals surface area contributed by atoms with Crippen LogP contribution in [0.2, 0.25) is 0 Å². The number of ketones is 1. The van der Waals surface area contributed by atoms with Gasteiger partial charge in [0.2, 0.25) is 5.91 Å². The van der Waals surface area contributed by atoms with E-state index in [-0.39, 0.29) is 47.8 Å². The molecule has 0 bridgehead atoms. The molecule has 1 N–H and O–H groups in total. The summed E-state index contributed by atoms with van der Waals surface area (Å²) in [6.07, 6.45) is 6.38. The Bertz CT molecular complexity index is 940. The molecule has 7 heteroatoms. The molecule has 5 nitrogen and oxygen atoms in total. The first-order valence-electron chi connectivity index (χ1n) is 12.9.